The third-order valence-electron chi connectivity index (χ3n) is 4.22. The molecule has 2 aromatic rings. The topological polar surface area (TPSA) is 67.8 Å². The van der Waals surface area contributed by atoms with Crippen molar-refractivity contribution in [2.75, 3.05) is 12.4 Å². The van der Waals surface area contributed by atoms with E-state index in [1.165, 1.54) is 5.56 Å². The minimum Gasteiger partial charge on any atom is -0.490 e. The van der Waals surface area contributed by atoms with Crippen molar-refractivity contribution in [1.82, 2.24) is 5.32 Å². The van der Waals surface area contributed by atoms with Gasteiger partial charge in [0.15, 0.2) is 11.5 Å². The molecule has 5 nitrogen and oxygen atoms in total. The van der Waals surface area contributed by atoms with Gasteiger partial charge in [-0.25, -0.2) is 0 Å². The second-order valence-electron chi connectivity index (χ2n) is 6.31. The number of thioether (sulfide) groups is 1. The fourth-order valence-electron chi connectivity index (χ4n) is 2.79. The van der Waals surface area contributed by atoms with Crippen LogP contribution < -0.4 is 14.8 Å². The Balaban J connectivity index is 1.79. The van der Waals surface area contributed by atoms with Gasteiger partial charge in [0.25, 0.3) is 0 Å². The van der Waals surface area contributed by atoms with Crippen LogP contribution in [0.4, 0.5) is 0 Å². The molecule has 0 unspecified atom stereocenters. The number of aryl methyl sites for hydroxylation is 1. The lowest BCUT2D eigenvalue weighted by Crippen LogP contribution is -2.33. The van der Waals surface area contributed by atoms with E-state index in [1.807, 2.05) is 31.2 Å². The van der Waals surface area contributed by atoms with Gasteiger partial charge in [-0.05, 0) is 53.0 Å². The van der Waals surface area contributed by atoms with Crippen molar-refractivity contribution in [3.05, 3.63) is 57.6 Å². The lowest BCUT2D eigenvalue weighted by molar-refractivity contribution is -0.138. The van der Waals surface area contributed by atoms with Crippen molar-refractivity contribution in [1.29, 1.82) is 0 Å². The van der Waals surface area contributed by atoms with Crippen LogP contribution in [-0.4, -0.2) is 29.5 Å². The van der Waals surface area contributed by atoms with Crippen molar-refractivity contribution in [2.45, 2.75) is 31.9 Å². The highest BCUT2D eigenvalue weighted by Crippen LogP contribution is 2.42. The molecule has 0 spiro atoms. The van der Waals surface area contributed by atoms with Crippen LogP contribution in [-0.2, 0) is 11.4 Å². The maximum absolute atomic E-state index is 11.2. The smallest absolute Gasteiger partial charge is 0.321 e. The number of nitrogens with one attached hydrogen (secondary N) is 1. The number of benzene rings is 2. The fourth-order valence-corrected chi connectivity index (χ4v) is 4.58. The van der Waals surface area contributed by atoms with Gasteiger partial charge >= 0.3 is 5.97 Å². The second-order valence-corrected chi connectivity index (χ2v) is 8.30. The van der Waals surface area contributed by atoms with Gasteiger partial charge < -0.3 is 14.6 Å². The zero-order valence-electron chi connectivity index (χ0n) is 15.2. The van der Waals surface area contributed by atoms with Gasteiger partial charge in [0.1, 0.15) is 12.6 Å². The quantitative estimate of drug-likeness (QED) is 0.644. The first-order chi connectivity index (χ1) is 13.0. The SMILES string of the molecule is CCOc1cc([C@@H]2N[C@@H](C(=O)O)CS2)cc(Br)c1OCc1ccc(C)cc1. The molecule has 0 radical (unpaired) electrons. The highest BCUT2D eigenvalue weighted by Gasteiger charge is 2.31. The Bertz CT molecular complexity index is 812. The van der Waals surface area contributed by atoms with E-state index in [2.05, 4.69) is 40.3 Å². The third kappa shape index (κ3) is 4.97. The first-order valence-electron chi connectivity index (χ1n) is 8.73. The number of carbonyl (C=O) groups is 1. The van der Waals surface area contributed by atoms with E-state index >= 15 is 0 Å². The van der Waals surface area contributed by atoms with E-state index in [-0.39, 0.29) is 5.37 Å². The van der Waals surface area contributed by atoms with Crippen LogP contribution in [0.25, 0.3) is 0 Å². The lowest BCUT2D eigenvalue weighted by Gasteiger charge is -2.18. The zero-order valence-corrected chi connectivity index (χ0v) is 17.6. The number of hydrogen-bond donors (Lipinski definition) is 2. The Labute approximate surface area is 171 Å². The molecular formula is C20H22BrNO4S. The second kappa shape index (κ2) is 8.99. The molecular weight excluding hydrogens is 430 g/mol. The molecule has 27 heavy (non-hydrogen) atoms. The number of ether oxygens (including phenoxy) is 2. The molecule has 1 fully saturated rings. The summed E-state index contributed by atoms with van der Waals surface area (Å²) in [6.45, 7) is 4.93. The van der Waals surface area contributed by atoms with Crippen molar-refractivity contribution in [3.8, 4) is 11.5 Å². The third-order valence-corrected chi connectivity index (χ3v) is 6.07. The lowest BCUT2D eigenvalue weighted by atomic mass is 10.1. The summed E-state index contributed by atoms with van der Waals surface area (Å²) >= 11 is 5.16. The number of aliphatic carboxylic acids is 1. The monoisotopic (exact) mass is 451 g/mol. The molecule has 0 amide bonds. The molecule has 2 aromatic carbocycles. The average Bonchev–Trinajstić information content (AvgIpc) is 3.13. The van der Waals surface area contributed by atoms with E-state index < -0.39 is 12.0 Å². The summed E-state index contributed by atoms with van der Waals surface area (Å²) in [5, 5.41) is 12.2. The van der Waals surface area contributed by atoms with Crippen LogP contribution in [0.1, 0.15) is 29.0 Å². The largest absolute Gasteiger partial charge is 0.490 e. The summed E-state index contributed by atoms with van der Waals surface area (Å²) in [7, 11) is 0. The van der Waals surface area contributed by atoms with Crippen LogP contribution >= 0.6 is 27.7 Å². The van der Waals surface area contributed by atoms with Crippen LogP contribution in [0.3, 0.4) is 0 Å². The van der Waals surface area contributed by atoms with E-state index in [0.29, 0.717) is 30.5 Å². The molecule has 1 aliphatic rings. The van der Waals surface area contributed by atoms with E-state index in [9.17, 15) is 9.90 Å². The maximum Gasteiger partial charge on any atom is 0.321 e. The molecule has 3 rings (SSSR count). The van der Waals surface area contributed by atoms with Crippen LogP contribution in [0.5, 0.6) is 11.5 Å². The van der Waals surface area contributed by atoms with Crippen LogP contribution in [0.15, 0.2) is 40.9 Å². The molecule has 0 aromatic heterocycles. The molecule has 144 valence electrons. The normalized spacial score (nSPS) is 19.1. The fraction of sp³-hybridized carbons (Fsp3) is 0.350. The average molecular weight is 452 g/mol. The standard InChI is InChI=1S/C20H22BrNO4S/c1-3-25-17-9-14(19-22-16(11-27-19)20(23)24)8-15(21)18(17)26-10-13-6-4-12(2)5-7-13/h4-9,16,19,22H,3,10-11H2,1-2H3,(H,23,24)/t16-,19-/m1/s1. The predicted molar refractivity (Wildman–Crippen MR) is 111 cm³/mol. The number of carboxylic acid groups (broad SMARTS) is 1. The van der Waals surface area contributed by atoms with Gasteiger partial charge in [-0.15, -0.1) is 11.8 Å². The summed E-state index contributed by atoms with van der Waals surface area (Å²) in [5.41, 5.74) is 3.25. The van der Waals surface area contributed by atoms with E-state index in [4.69, 9.17) is 9.47 Å². The van der Waals surface area contributed by atoms with Gasteiger partial charge in [-0.3, -0.25) is 10.1 Å². The summed E-state index contributed by atoms with van der Waals surface area (Å²) in [4.78, 5) is 11.2. The molecule has 7 heteroatoms. The molecule has 0 saturated carbocycles. The summed E-state index contributed by atoms with van der Waals surface area (Å²) in [6.07, 6.45) is 0. The van der Waals surface area contributed by atoms with Crippen molar-refractivity contribution in [3.63, 3.8) is 0 Å². The Morgan fingerprint density at radius 3 is 2.67 bits per heavy atom. The molecule has 1 heterocycles. The zero-order chi connectivity index (χ0) is 19.4. The Hall–Kier alpha value is -1.70. The molecule has 0 bridgehead atoms. The summed E-state index contributed by atoms with van der Waals surface area (Å²) in [5.74, 6) is 1.01. The summed E-state index contributed by atoms with van der Waals surface area (Å²) in [6, 6.07) is 11.6. The Morgan fingerprint density at radius 1 is 1.30 bits per heavy atom. The van der Waals surface area contributed by atoms with Gasteiger partial charge in [-0.2, -0.15) is 0 Å². The van der Waals surface area contributed by atoms with E-state index in [1.54, 1.807) is 11.8 Å². The van der Waals surface area contributed by atoms with Crippen molar-refractivity contribution in [2.24, 2.45) is 0 Å². The molecule has 2 N–H and O–H groups in total. The molecule has 0 aliphatic carbocycles. The van der Waals surface area contributed by atoms with Gasteiger partial charge in [-0.1, -0.05) is 29.8 Å². The van der Waals surface area contributed by atoms with Crippen LogP contribution in [0.2, 0.25) is 0 Å². The van der Waals surface area contributed by atoms with Crippen molar-refractivity contribution < 1.29 is 19.4 Å². The van der Waals surface area contributed by atoms with Gasteiger partial charge in [0, 0.05) is 5.75 Å². The first-order valence-corrected chi connectivity index (χ1v) is 10.6. The predicted octanol–water partition coefficient (Wildman–Crippen LogP) is 4.52. The Morgan fingerprint density at radius 2 is 2.04 bits per heavy atom. The first kappa shape index (κ1) is 20.0. The van der Waals surface area contributed by atoms with Crippen molar-refractivity contribution >= 4 is 33.7 Å². The van der Waals surface area contributed by atoms with Crippen LogP contribution in [0, 0.1) is 6.92 Å². The maximum atomic E-state index is 11.2. The minimum absolute atomic E-state index is 0.0900. The molecule has 2 atom stereocenters. The highest BCUT2D eigenvalue weighted by atomic mass is 79.9. The Kier molecular flexibility index (Phi) is 6.68. The van der Waals surface area contributed by atoms with Gasteiger partial charge in [0.05, 0.1) is 16.5 Å². The number of hydrogen-bond acceptors (Lipinski definition) is 5. The summed E-state index contributed by atoms with van der Waals surface area (Å²) < 4.78 is 12.6. The minimum atomic E-state index is -0.827. The molecule has 1 saturated heterocycles. The molecule has 1 aliphatic heterocycles. The highest BCUT2D eigenvalue weighted by molar-refractivity contribution is 9.10. The number of carboxylic acids is 1. The number of rotatable bonds is 7. The van der Waals surface area contributed by atoms with E-state index in [0.717, 1.165) is 15.6 Å². The number of halogens is 1. The van der Waals surface area contributed by atoms with Gasteiger partial charge in [0.2, 0.25) is 0 Å².